The van der Waals surface area contributed by atoms with Crippen molar-refractivity contribution in [2.75, 3.05) is 26.4 Å². The van der Waals surface area contributed by atoms with E-state index in [9.17, 15) is 4.79 Å². The fourth-order valence-corrected chi connectivity index (χ4v) is 3.72. The molecule has 2 aromatic carbocycles. The highest BCUT2D eigenvalue weighted by Crippen LogP contribution is 2.24. The van der Waals surface area contributed by atoms with Crippen LogP contribution in [0.1, 0.15) is 35.2 Å². The van der Waals surface area contributed by atoms with Gasteiger partial charge in [0.15, 0.2) is 0 Å². The number of rotatable bonds is 9. The minimum Gasteiger partial charge on any atom is -0.379 e. The van der Waals surface area contributed by atoms with Crippen LogP contribution in [0, 0.1) is 6.92 Å². The Labute approximate surface area is 183 Å². The molecule has 6 nitrogen and oxygen atoms in total. The van der Waals surface area contributed by atoms with Crippen molar-refractivity contribution in [3.8, 4) is 16.9 Å². The van der Waals surface area contributed by atoms with Crippen LogP contribution < -0.4 is 5.32 Å². The summed E-state index contributed by atoms with van der Waals surface area (Å²) < 4.78 is 13.0. The lowest BCUT2D eigenvalue weighted by atomic mass is 10.1. The van der Waals surface area contributed by atoms with Gasteiger partial charge in [-0.15, -0.1) is 0 Å². The van der Waals surface area contributed by atoms with Gasteiger partial charge in [0, 0.05) is 31.5 Å². The second-order valence-corrected chi connectivity index (χ2v) is 7.86. The molecule has 1 fully saturated rings. The maximum Gasteiger partial charge on any atom is 0.255 e. The monoisotopic (exact) mass is 419 g/mol. The molecule has 1 atom stereocenters. The molecule has 0 bridgehead atoms. The zero-order valence-corrected chi connectivity index (χ0v) is 17.9. The van der Waals surface area contributed by atoms with Crippen LogP contribution in [-0.4, -0.2) is 48.2 Å². The van der Waals surface area contributed by atoms with Crippen molar-refractivity contribution in [3.05, 3.63) is 71.9 Å². The first-order valence-corrected chi connectivity index (χ1v) is 10.9. The maximum absolute atomic E-state index is 13.0. The van der Waals surface area contributed by atoms with E-state index in [4.69, 9.17) is 14.6 Å². The SMILES string of the molecule is Cc1cccc(-c2nn(-c3ccccc3)cc2C(=O)NCCCOCC2CCCO2)c1. The summed E-state index contributed by atoms with van der Waals surface area (Å²) in [6.07, 6.45) is 4.98. The van der Waals surface area contributed by atoms with E-state index in [1.54, 1.807) is 10.9 Å². The fourth-order valence-electron chi connectivity index (χ4n) is 3.72. The third-order valence-electron chi connectivity index (χ3n) is 5.35. The Bertz CT molecular complexity index is 994. The van der Waals surface area contributed by atoms with Crippen molar-refractivity contribution in [1.82, 2.24) is 15.1 Å². The third kappa shape index (κ3) is 5.60. The Balaban J connectivity index is 1.41. The first-order chi connectivity index (χ1) is 15.2. The van der Waals surface area contributed by atoms with E-state index >= 15 is 0 Å². The average molecular weight is 420 g/mol. The smallest absolute Gasteiger partial charge is 0.255 e. The minimum absolute atomic E-state index is 0.127. The zero-order chi connectivity index (χ0) is 21.5. The number of carbonyl (C=O) groups is 1. The lowest BCUT2D eigenvalue weighted by Crippen LogP contribution is -2.26. The summed E-state index contributed by atoms with van der Waals surface area (Å²) in [5, 5.41) is 7.75. The average Bonchev–Trinajstić information content (AvgIpc) is 3.47. The van der Waals surface area contributed by atoms with Crippen LogP contribution in [0.15, 0.2) is 60.8 Å². The number of nitrogens with one attached hydrogen (secondary N) is 1. The molecule has 4 rings (SSSR count). The number of benzene rings is 2. The van der Waals surface area contributed by atoms with Gasteiger partial charge in [-0.2, -0.15) is 5.10 Å². The second-order valence-electron chi connectivity index (χ2n) is 7.86. The van der Waals surface area contributed by atoms with E-state index in [1.807, 2.05) is 61.5 Å². The highest BCUT2D eigenvalue weighted by atomic mass is 16.5. The quantitative estimate of drug-likeness (QED) is 0.529. The molecule has 1 saturated heterocycles. The number of para-hydroxylation sites is 1. The zero-order valence-electron chi connectivity index (χ0n) is 17.9. The number of hydrogen-bond donors (Lipinski definition) is 1. The molecule has 1 unspecified atom stereocenters. The molecule has 1 aliphatic heterocycles. The first-order valence-electron chi connectivity index (χ1n) is 10.9. The lowest BCUT2D eigenvalue weighted by Gasteiger charge is -2.10. The number of hydrogen-bond acceptors (Lipinski definition) is 4. The van der Waals surface area contributed by atoms with E-state index in [0.717, 1.165) is 42.7 Å². The molecular weight excluding hydrogens is 390 g/mol. The van der Waals surface area contributed by atoms with Gasteiger partial charge in [-0.1, -0.05) is 42.0 Å². The lowest BCUT2D eigenvalue weighted by molar-refractivity contribution is 0.0166. The number of amides is 1. The van der Waals surface area contributed by atoms with Crippen molar-refractivity contribution in [1.29, 1.82) is 0 Å². The largest absolute Gasteiger partial charge is 0.379 e. The normalized spacial score (nSPS) is 15.8. The molecule has 3 aromatic rings. The van der Waals surface area contributed by atoms with Crippen LogP contribution >= 0.6 is 0 Å². The van der Waals surface area contributed by atoms with E-state index in [-0.39, 0.29) is 12.0 Å². The van der Waals surface area contributed by atoms with Crippen molar-refractivity contribution < 1.29 is 14.3 Å². The molecule has 2 heterocycles. The van der Waals surface area contributed by atoms with Gasteiger partial charge in [0.05, 0.1) is 24.0 Å². The summed E-state index contributed by atoms with van der Waals surface area (Å²) >= 11 is 0. The van der Waals surface area contributed by atoms with Gasteiger partial charge in [0.2, 0.25) is 0 Å². The van der Waals surface area contributed by atoms with E-state index in [1.165, 1.54) is 0 Å². The molecule has 0 radical (unpaired) electrons. The molecule has 1 N–H and O–H groups in total. The standard InChI is InChI=1S/C25H29N3O3/c1-19-8-5-9-20(16-19)24-23(17-28(27-24)21-10-3-2-4-11-21)25(29)26-13-7-14-30-18-22-12-6-15-31-22/h2-5,8-11,16-17,22H,6-7,12-15,18H2,1H3,(H,26,29). The molecule has 1 aromatic heterocycles. The molecule has 0 spiro atoms. The first kappa shape index (κ1) is 21.3. The fraction of sp³-hybridized carbons (Fsp3) is 0.360. The van der Waals surface area contributed by atoms with Crippen LogP contribution in [0.25, 0.3) is 16.9 Å². The van der Waals surface area contributed by atoms with Crippen LogP contribution in [-0.2, 0) is 9.47 Å². The van der Waals surface area contributed by atoms with Crippen LogP contribution in [0.5, 0.6) is 0 Å². The van der Waals surface area contributed by atoms with Crippen LogP contribution in [0.4, 0.5) is 0 Å². The Morgan fingerprint density at radius 1 is 1.23 bits per heavy atom. The predicted molar refractivity (Wildman–Crippen MR) is 120 cm³/mol. The van der Waals surface area contributed by atoms with E-state index in [2.05, 4.69) is 5.32 Å². The molecule has 1 aliphatic rings. The van der Waals surface area contributed by atoms with Crippen molar-refractivity contribution >= 4 is 5.91 Å². The predicted octanol–water partition coefficient (Wildman–Crippen LogP) is 4.16. The highest BCUT2D eigenvalue weighted by Gasteiger charge is 2.19. The number of carbonyl (C=O) groups excluding carboxylic acids is 1. The third-order valence-corrected chi connectivity index (χ3v) is 5.35. The number of aryl methyl sites for hydroxylation is 1. The summed E-state index contributed by atoms with van der Waals surface area (Å²) in [6.45, 7) is 4.66. The summed E-state index contributed by atoms with van der Waals surface area (Å²) in [5.74, 6) is -0.127. The van der Waals surface area contributed by atoms with Gasteiger partial charge in [-0.25, -0.2) is 4.68 Å². The molecule has 6 heteroatoms. The van der Waals surface area contributed by atoms with Crippen LogP contribution in [0.3, 0.4) is 0 Å². The molecule has 0 saturated carbocycles. The van der Waals surface area contributed by atoms with Gasteiger partial charge in [0.25, 0.3) is 5.91 Å². The molecule has 1 amide bonds. The van der Waals surface area contributed by atoms with Crippen LogP contribution in [0.2, 0.25) is 0 Å². The molecule has 31 heavy (non-hydrogen) atoms. The molecule has 162 valence electrons. The maximum atomic E-state index is 13.0. The summed E-state index contributed by atoms with van der Waals surface area (Å²) in [4.78, 5) is 13.0. The van der Waals surface area contributed by atoms with Gasteiger partial charge in [0.1, 0.15) is 5.69 Å². The number of aromatic nitrogens is 2. The van der Waals surface area contributed by atoms with Crippen molar-refractivity contribution in [2.45, 2.75) is 32.3 Å². The number of ether oxygens (including phenoxy) is 2. The van der Waals surface area contributed by atoms with Gasteiger partial charge in [-0.3, -0.25) is 4.79 Å². The molecule has 0 aliphatic carbocycles. The number of nitrogens with zero attached hydrogens (tertiary/aromatic N) is 2. The van der Waals surface area contributed by atoms with E-state index in [0.29, 0.717) is 31.0 Å². The van der Waals surface area contributed by atoms with Gasteiger partial charge < -0.3 is 14.8 Å². The van der Waals surface area contributed by atoms with Crippen molar-refractivity contribution in [2.24, 2.45) is 0 Å². The highest BCUT2D eigenvalue weighted by molar-refractivity contribution is 6.00. The summed E-state index contributed by atoms with van der Waals surface area (Å²) in [5.41, 5.74) is 4.22. The Morgan fingerprint density at radius 3 is 2.87 bits per heavy atom. The Kier molecular flexibility index (Phi) is 7.12. The second kappa shape index (κ2) is 10.4. The van der Waals surface area contributed by atoms with Gasteiger partial charge in [-0.05, 0) is 44.4 Å². The van der Waals surface area contributed by atoms with Crippen molar-refractivity contribution in [3.63, 3.8) is 0 Å². The summed E-state index contributed by atoms with van der Waals surface area (Å²) in [6, 6.07) is 17.9. The summed E-state index contributed by atoms with van der Waals surface area (Å²) in [7, 11) is 0. The van der Waals surface area contributed by atoms with Gasteiger partial charge >= 0.3 is 0 Å². The Hall–Kier alpha value is -2.96. The topological polar surface area (TPSA) is 65.4 Å². The van der Waals surface area contributed by atoms with E-state index < -0.39 is 0 Å². The minimum atomic E-state index is -0.127. The Morgan fingerprint density at radius 2 is 2.10 bits per heavy atom. The molecular formula is C25H29N3O3.